The molecule has 0 radical (unpaired) electrons. The average molecular weight is 436 g/mol. The van der Waals surface area contributed by atoms with Crippen molar-refractivity contribution in [1.29, 1.82) is 0 Å². The molecule has 3 aliphatic rings. The number of amides is 2. The summed E-state index contributed by atoms with van der Waals surface area (Å²) < 4.78 is 5.85. The standard InChI is InChI=1S/C20H26BrN3O3/c1-27-20(26)23-10-4-16(5-11-23)22-8-6-17(7-9-22)24-18-13-15(21)3-2-14(18)12-19(24)25/h2-3,13,16-17H,4-12H2,1H3. The van der Waals surface area contributed by atoms with Crippen molar-refractivity contribution in [2.24, 2.45) is 0 Å². The molecule has 27 heavy (non-hydrogen) atoms. The zero-order chi connectivity index (χ0) is 19.0. The van der Waals surface area contributed by atoms with Gasteiger partial charge in [-0.25, -0.2) is 4.79 Å². The summed E-state index contributed by atoms with van der Waals surface area (Å²) in [4.78, 5) is 30.6. The van der Waals surface area contributed by atoms with E-state index in [1.165, 1.54) is 7.11 Å². The van der Waals surface area contributed by atoms with Crippen molar-refractivity contribution in [3.63, 3.8) is 0 Å². The number of rotatable bonds is 2. The van der Waals surface area contributed by atoms with Gasteiger partial charge in [-0.05, 0) is 43.4 Å². The van der Waals surface area contributed by atoms with Gasteiger partial charge in [0.15, 0.2) is 0 Å². The molecule has 4 rings (SSSR count). The highest BCUT2D eigenvalue weighted by molar-refractivity contribution is 9.10. The van der Waals surface area contributed by atoms with Gasteiger partial charge >= 0.3 is 6.09 Å². The molecule has 3 heterocycles. The molecule has 146 valence electrons. The van der Waals surface area contributed by atoms with Crippen LogP contribution >= 0.6 is 15.9 Å². The van der Waals surface area contributed by atoms with Crippen LogP contribution in [-0.2, 0) is 16.0 Å². The maximum Gasteiger partial charge on any atom is 0.409 e. The van der Waals surface area contributed by atoms with Crippen molar-refractivity contribution in [3.8, 4) is 0 Å². The number of carbonyl (C=O) groups excluding carboxylic acids is 2. The van der Waals surface area contributed by atoms with Crippen molar-refractivity contribution in [1.82, 2.24) is 9.80 Å². The Bertz CT molecular complexity index is 725. The van der Waals surface area contributed by atoms with E-state index in [0.29, 0.717) is 18.5 Å². The van der Waals surface area contributed by atoms with Gasteiger partial charge in [-0.3, -0.25) is 4.79 Å². The Balaban J connectivity index is 1.34. The Labute approximate surface area is 168 Å². The average Bonchev–Trinajstić information content (AvgIpc) is 3.02. The van der Waals surface area contributed by atoms with Gasteiger partial charge in [0.25, 0.3) is 0 Å². The normalized spacial score (nSPS) is 22.2. The fraction of sp³-hybridized carbons (Fsp3) is 0.600. The van der Waals surface area contributed by atoms with Gasteiger partial charge in [-0.15, -0.1) is 0 Å². The minimum Gasteiger partial charge on any atom is -0.453 e. The van der Waals surface area contributed by atoms with Crippen molar-refractivity contribution < 1.29 is 14.3 Å². The molecule has 0 N–H and O–H groups in total. The molecule has 2 saturated heterocycles. The lowest BCUT2D eigenvalue weighted by atomic mass is 9.97. The first kappa shape index (κ1) is 18.7. The maximum atomic E-state index is 12.6. The van der Waals surface area contributed by atoms with E-state index in [1.54, 1.807) is 4.90 Å². The fourth-order valence-electron chi connectivity index (χ4n) is 4.75. The van der Waals surface area contributed by atoms with E-state index in [4.69, 9.17) is 4.74 Å². The number of hydrogen-bond donors (Lipinski definition) is 0. The van der Waals surface area contributed by atoms with Crippen LogP contribution in [0.25, 0.3) is 0 Å². The number of fused-ring (bicyclic) bond motifs is 1. The molecule has 3 aliphatic heterocycles. The third kappa shape index (κ3) is 3.72. The van der Waals surface area contributed by atoms with Gasteiger partial charge in [-0.2, -0.15) is 0 Å². The highest BCUT2D eigenvalue weighted by atomic mass is 79.9. The lowest BCUT2D eigenvalue weighted by molar-refractivity contribution is -0.118. The number of anilines is 1. The first-order valence-electron chi connectivity index (χ1n) is 9.74. The summed E-state index contributed by atoms with van der Waals surface area (Å²) >= 11 is 3.54. The van der Waals surface area contributed by atoms with E-state index in [2.05, 4.69) is 33.0 Å². The highest BCUT2D eigenvalue weighted by Gasteiger charge is 2.36. The predicted octanol–water partition coefficient (Wildman–Crippen LogP) is 3.03. The Hall–Kier alpha value is -1.60. The number of nitrogens with zero attached hydrogens (tertiary/aromatic N) is 3. The van der Waals surface area contributed by atoms with Crippen LogP contribution in [-0.4, -0.2) is 67.2 Å². The number of benzene rings is 1. The molecule has 0 atom stereocenters. The molecule has 2 fully saturated rings. The van der Waals surface area contributed by atoms with E-state index in [9.17, 15) is 9.59 Å². The van der Waals surface area contributed by atoms with Crippen LogP contribution in [0.3, 0.4) is 0 Å². The summed E-state index contributed by atoms with van der Waals surface area (Å²) in [5.41, 5.74) is 2.22. The summed E-state index contributed by atoms with van der Waals surface area (Å²) in [6.07, 6.45) is 4.32. The topological polar surface area (TPSA) is 53.1 Å². The molecular weight excluding hydrogens is 410 g/mol. The van der Waals surface area contributed by atoms with E-state index >= 15 is 0 Å². The number of likely N-dealkylation sites (tertiary alicyclic amines) is 2. The van der Waals surface area contributed by atoms with Crippen LogP contribution in [0, 0.1) is 0 Å². The monoisotopic (exact) mass is 435 g/mol. The van der Waals surface area contributed by atoms with Gasteiger partial charge in [0.2, 0.25) is 5.91 Å². The highest BCUT2D eigenvalue weighted by Crippen LogP contribution is 2.36. The number of ether oxygens (including phenoxy) is 1. The second kappa shape index (κ2) is 7.80. The molecule has 0 spiro atoms. The number of halogens is 1. The Morgan fingerprint density at radius 1 is 1.07 bits per heavy atom. The first-order valence-corrected chi connectivity index (χ1v) is 10.5. The maximum absolute atomic E-state index is 12.6. The van der Waals surface area contributed by atoms with Crippen LogP contribution < -0.4 is 4.90 Å². The number of carbonyl (C=O) groups is 2. The molecule has 1 aromatic carbocycles. The van der Waals surface area contributed by atoms with Gasteiger partial charge in [0, 0.05) is 48.4 Å². The van der Waals surface area contributed by atoms with Crippen molar-refractivity contribution >= 4 is 33.6 Å². The van der Waals surface area contributed by atoms with Crippen molar-refractivity contribution in [3.05, 3.63) is 28.2 Å². The molecule has 0 aliphatic carbocycles. The minimum absolute atomic E-state index is 0.218. The van der Waals surface area contributed by atoms with Gasteiger partial charge < -0.3 is 19.4 Å². The molecule has 6 nitrogen and oxygen atoms in total. The zero-order valence-corrected chi connectivity index (χ0v) is 17.3. The second-order valence-corrected chi connectivity index (χ2v) is 8.58. The summed E-state index contributed by atoms with van der Waals surface area (Å²) in [7, 11) is 1.44. The van der Waals surface area contributed by atoms with Gasteiger partial charge in [0.1, 0.15) is 0 Å². The Kier molecular flexibility index (Phi) is 5.41. The Morgan fingerprint density at radius 3 is 2.41 bits per heavy atom. The van der Waals surface area contributed by atoms with Crippen LogP contribution in [0.15, 0.2) is 22.7 Å². The second-order valence-electron chi connectivity index (χ2n) is 7.67. The molecular formula is C20H26BrN3O3. The third-order valence-corrected chi connectivity index (χ3v) is 6.69. The van der Waals surface area contributed by atoms with Crippen LogP contribution in [0.1, 0.15) is 31.2 Å². The molecule has 2 amide bonds. The third-order valence-electron chi connectivity index (χ3n) is 6.20. The number of methoxy groups -OCH3 is 1. The summed E-state index contributed by atoms with van der Waals surface area (Å²) in [6, 6.07) is 6.97. The summed E-state index contributed by atoms with van der Waals surface area (Å²) in [5.74, 6) is 0.230. The van der Waals surface area contributed by atoms with Gasteiger partial charge in [0.05, 0.1) is 13.5 Å². The SMILES string of the molecule is COC(=O)N1CCC(N2CCC(N3C(=O)Cc4ccc(Br)cc43)CC2)CC1. The molecule has 0 unspecified atom stereocenters. The van der Waals surface area contributed by atoms with E-state index < -0.39 is 0 Å². The predicted molar refractivity (Wildman–Crippen MR) is 107 cm³/mol. The van der Waals surface area contributed by atoms with E-state index in [-0.39, 0.29) is 12.0 Å². The van der Waals surface area contributed by atoms with E-state index in [0.717, 1.165) is 67.6 Å². The molecule has 0 saturated carbocycles. The minimum atomic E-state index is -0.218. The molecule has 7 heteroatoms. The molecule has 0 bridgehead atoms. The van der Waals surface area contributed by atoms with Crippen LogP contribution in [0.4, 0.5) is 10.5 Å². The van der Waals surface area contributed by atoms with Crippen molar-refractivity contribution in [2.75, 3.05) is 38.2 Å². The smallest absolute Gasteiger partial charge is 0.409 e. The molecule has 1 aromatic rings. The first-order chi connectivity index (χ1) is 13.1. The summed E-state index contributed by atoms with van der Waals surface area (Å²) in [6.45, 7) is 3.56. The molecule has 0 aromatic heterocycles. The lowest BCUT2D eigenvalue weighted by Crippen LogP contribution is -2.52. The number of piperidine rings is 2. The van der Waals surface area contributed by atoms with Crippen LogP contribution in [0.2, 0.25) is 0 Å². The lowest BCUT2D eigenvalue weighted by Gasteiger charge is -2.43. The zero-order valence-electron chi connectivity index (χ0n) is 15.7. The van der Waals surface area contributed by atoms with Crippen molar-refractivity contribution in [2.45, 2.75) is 44.2 Å². The van der Waals surface area contributed by atoms with Crippen LogP contribution in [0.5, 0.6) is 0 Å². The van der Waals surface area contributed by atoms with Gasteiger partial charge in [-0.1, -0.05) is 22.0 Å². The fourth-order valence-corrected chi connectivity index (χ4v) is 5.09. The van der Waals surface area contributed by atoms with E-state index in [1.807, 2.05) is 11.0 Å². The number of hydrogen-bond acceptors (Lipinski definition) is 4. The Morgan fingerprint density at radius 2 is 1.74 bits per heavy atom. The quantitative estimate of drug-likeness (QED) is 0.716. The summed E-state index contributed by atoms with van der Waals surface area (Å²) in [5, 5.41) is 0. The largest absolute Gasteiger partial charge is 0.453 e.